The van der Waals surface area contributed by atoms with Crippen molar-refractivity contribution in [2.75, 3.05) is 32.7 Å². The van der Waals surface area contributed by atoms with Crippen LogP contribution in [0.5, 0.6) is 11.5 Å². The van der Waals surface area contributed by atoms with Gasteiger partial charge in [0.15, 0.2) is 22.6 Å². The molecule has 1 amide bonds. The van der Waals surface area contributed by atoms with Crippen LogP contribution in [-0.4, -0.2) is 64.7 Å². The van der Waals surface area contributed by atoms with Gasteiger partial charge in [-0.25, -0.2) is 9.78 Å². The Kier molecular flexibility index (Phi) is 21.6. The minimum atomic E-state index is -1.70. The van der Waals surface area contributed by atoms with Crippen LogP contribution in [-0.2, 0) is 25.4 Å². The standard InChI is InChI=1S/C71H81FN6O6/c1-5-7-8-9-10-11-12-13-14-15-16-17-18-19-20-33-50-73-68(79)82-52-69(6-2)62(83-71(57-38-29-23-30-39-57,58-40-31-24-32-41-58)59-44-48-61(81-4)49-45-59)51-63(84-69)78-53-74-64-65(75-67(72)76-66(64)78)77-70(54-34-25-21-26-35-54,55-36-27-22-28-37-55)56-42-46-60(80-3)47-43-56/h2,21-32,34-49,53,62-63H,5,7-20,33,50-52H2,1,3-4H3,(H,73,79)(H,75,76,77)/t62-,63+,69+/m0/s1. The number of unbranched alkanes of at least 4 members (excludes halogenated alkanes) is 15. The highest BCUT2D eigenvalue weighted by Gasteiger charge is 2.55. The van der Waals surface area contributed by atoms with Crippen LogP contribution in [0.25, 0.3) is 11.2 Å². The molecule has 0 radical (unpaired) electrons. The van der Waals surface area contributed by atoms with Crippen LogP contribution in [0.1, 0.15) is 156 Å². The van der Waals surface area contributed by atoms with Gasteiger partial charge in [0, 0.05) is 13.0 Å². The van der Waals surface area contributed by atoms with Crippen LogP contribution in [0.2, 0.25) is 0 Å². The highest BCUT2D eigenvalue weighted by molar-refractivity contribution is 5.84. The quantitative estimate of drug-likeness (QED) is 0.0182. The molecule has 438 valence electrons. The fourth-order valence-corrected chi connectivity index (χ4v) is 11.8. The van der Waals surface area contributed by atoms with Crippen molar-refractivity contribution in [3.05, 3.63) is 216 Å². The molecule has 12 nitrogen and oxygen atoms in total. The molecular formula is C71H81FN6O6. The monoisotopic (exact) mass is 1130 g/mol. The lowest BCUT2D eigenvalue weighted by atomic mass is 9.77. The van der Waals surface area contributed by atoms with Gasteiger partial charge in [-0.3, -0.25) is 4.57 Å². The first-order chi connectivity index (χ1) is 41.3. The summed E-state index contributed by atoms with van der Waals surface area (Å²) in [6.07, 6.45) is 24.9. The molecule has 1 aliphatic heterocycles. The number of ether oxygens (including phenoxy) is 5. The first kappa shape index (κ1) is 60.5. The van der Waals surface area contributed by atoms with Crippen molar-refractivity contribution in [2.24, 2.45) is 0 Å². The fraction of sp³-hybridized carbons (Fsp3) is 0.380. The van der Waals surface area contributed by atoms with Gasteiger partial charge < -0.3 is 34.3 Å². The van der Waals surface area contributed by atoms with E-state index in [1.54, 1.807) is 25.1 Å². The zero-order valence-electron chi connectivity index (χ0n) is 49.0. The number of alkyl carbamates (subject to hydrolysis) is 1. The third kappa shape index (κ3) is 14.3. The minimum Gasteiger partial charge on any atom is -0.497 e. The van der Waals surface area contributed by atoms with E-state index >= 15 is 4.39 Å². The molecule has 0 bridgehead atoms. The molecule has 9 rings (SSSR count). The van der Waals surface area contributed by atoms with Crippen LogP contribution in [0.4, 0.5) is 15.0 Å². The van der Waals surface area contributed by atoms with Crippen LogP contribution in [0, 0.1) is 18.4 Å². The largest absolute Gasteiger partial charge is 0.497 e. The lowest BCUT2D eigenvalue weighted by molar-refractivity contribution is -0.134. The van der Waals surface area contributed by atoms with Gasteiger partial charge in [0.05, 0.1) is 20.5 Å². The SMILES string of the molecule is C#C[C@]1(COC(=O)NCCCCCCCCCCCCCCCCCC)O[C@@H](n2cnc3c(NC(c4ccccc4)(c4ccccc4)c4ccc(OC)cc4)nc(F)nc32)C[C@@H]1OC(c1ccccc1)(c1ccccc1)c1ccc(OC)cc1. The number of hydrogen-bond acceptors (Lipinski definition) is 10. The number of benzene rings is 6. The van der Waals surface area contributed by atoms with Crippen molar-refractivity contribution >= 4 is 23.1 Å². The molecule has 1 fully saturated rings. The highest BCUT2D eigenvalue weighted by atomic mass is 19.1. The Morgan fingerprint density at radius 1 is 0.631 bits per heavy atom. The average molecular weight is 1130 g/mol. The van der Waals surface area contributed by atoms with Crippen molar-refractivity contribution < 1.29 is 32.9 Å². The van der Waals surface area contributed by atoms with E-state index in [-0.39, 0.29) is 30.0 Å². The summed E-state index contributed by atoms with van der Waals surface area (Å²) >= 11 is 0. The first-order valence-electron chi connectivity index (χ1n) is 30.2. The molecule has 2 N–H and O–H groups in total. The van der Waals surface area contributed by atoms with Gasteiger partial charge in [0.1, 0.15) is 41.6 Å². The number of carbonyl (C=O) groups is 1. The Labute approximate surface area is 495 Å². The number of rotatable bonds is 32. The summed E-state index contributed by atoms with van der Waals surface area (Å²) in [5.41, 5.74) is 1.21. The lowest BCUT2D eigenvalue weighted by Crippen LogP contribution is -2.49. The predicted molar refractivity (Wildman–Crippen MR) is 330 cm³/mol. The van der Waals surface area contributed by atoms with E-state index < -0.39 is 41.2 Å². The molecule has 0 saturated carbocycles. The highest BCUT2D eigenvalue weighted by Crippen LogP contribution is 2.49. The second-order valence-corrected chi connectivity index (χ2v) is 21.9. The maximum atomic E-state index is 16.5. The molecular weight excluding hydrogens is 1050 g/mol. The molecule has 0 aliphatic carbocycles. The Hall–Kier alpha value is -8.05. The summed E-state index contributed by atoms with van der Waals surface area (Å²) in [6, 6.07) is 55.1. The zero-order valence-corrected chi connectivity index (χ0v) is 49.0. The molecule has 8 aromatic rings. The van der Waals surface area contributed by atoms with Crippen molar-refractivity contribution in [2.45, 2.75) is 145 Å². The number of methoxy groups -OCH3 is 2. The zero-order chi connectivity index (χ0) is 58.5. The van der Waals surface area contributed by atoms with Gasteiger partial charge in [0.25, 0.3) is 0 Å². The lowest BCUT2D eigenvalue weighted by Gasteiger charge is -2.41. The number of hydrogen-bond donors (Lipinski definition) is 2. The number of halogens is 1. The summed E-state index contributed by atoms with van der Waals surface area (Å²) < 4.78 is 50.2. The van der Waals surface area contributed by atoms with E-state index in [1.807, 2.05) is 170 Å². The first-order valence-corrected chi connectivity index (χ1v) is 30.2. The second-order valence-electron chi connectivity index (χ2n) is 21.9. The number of nitrogens with zero attached hydrogens (tertiary/aromatic N) is 4. The summed E-state index contributed by atoms with van der Waals surface area (Å²) in [5, 5.41) is 6.66. The van der Waals surface area contributed by atoms with E-state index in [0.29, 0.717) is 18.0 Å². The van der Waals surface area contributed by atoms with Gasteiger partial charge in [-0.05, 0) is 64.1 Å². The molecule has 13 heteroatoms. The van der Waals surface area contributed by atoms with Gasteiger partial charge in [-0.15, -0.1) is 6.42 Å². The van der Waals surface area contributed by atoms with Crippen molar-refractivity contribution in [3.8, 4) is 23.8 Å². The fourth-order valence-electron chi connectivity index (χ4n) is 11.8. The average Bonchev–Trinajstić information content (AvgIpc) is 1.57. The summed E-state index contributed by atoms with van der Waals surface area (Å²) in [7, 11) is 3.25. The smallest absolute Gasteiger partial charge is 0.407 e. The Bertz CT molecular complexity index is 3230. The number of terminal acetylenes is 1. The number of carbonyl (C=O) groups excluding carboxylic acids is 1. The van der Waals surface area contributed by atoms with Crippen molar-refractivity contribution in [1.82, 2.24) is 24.8 Å². The van der Waals surface area contributed by atoms with E-state index in [2.05, 4.69) is 33.4 Å². The second kappa shape index (κ2) is 30.0. The normalized spacial score (nSPS) is 16.0. The molecule has 2 aromatic heterocycles. The maximum Gasteiger partial charge on any atom is 0.407 e. The number of aromatic nitrogens is 4. The van der Waals surface area contributed by atoms with Crippen LogP contribution < -0.4 is 20.1 Å². The van der Waals surface area contributed by atoms with Crippen molar-refractivity contribution in [1.29, 1.82) is 0 Å². The minimum absolute atomic E-state index is 0.0929. The van der Waals surface area contributed by atoms with E-state index in [9.17, 15) is 4.79 Å². The Morgan fingerprint density at radius 3 is 1.55 bits per heavy atom. The summed E-state index contributed by atoms with van der Waals surface area (Å²) in [4.78, 5) is 27.5. The molecule has 1 saturated heterocycles. The molecule has 84 heavy (non-hydrogen) atoms. The third-order valence-electron chi connectivity index (χ3n) is 16.4. The number of amides is 1. The number of imidazole rings is 1. The van der Waals surface area contributed by atoms with Gasteiger partial charge in [0.2, 0.25) is 0 Å². The topological polar surface area (TPSA) is 131 Å². The summed E-state index contributed by atoms with van der Waals surface area (Å²) in [5.74, 6) is 4.40. The predicted octanol–water partition coefficient (Wildman–Crippen LogP) is 16.0. The molecule has 3 heterocycles. The van der Waals surface area contributed by atoms with Crippen molar-refractivity contribution in [3.63, 3.8) is 0 Å². The van der Waals surface area contributed by atoms with Gasteiger partial charge in [-0.2, -0.15) is 14.4 Å². The molecule has 3 atom stereocenters. The van der Waals surface area contributed by atoms with Gasteiger partial charge >= 0.3 is 12.2 Å². The van der Waals surface area contributed by atoms with Crippen LogP contribution in [0.15, 0.2) is 176 Å². The molecule has 6 aromatic carbocycles. The molecule has 1 aliphatic rings. The Balaban J connectivity index is 0.992. The number of nitrogens with one attached hydrogen (secondary N) is 2. The van der Waals surface area contributed by atoms with E-state index in [0.717, 1.165) is 52.6 Å². The third-order valence-corrected chi connectivity index (χ3v) is 16.4. The summed E-state index contributed by atoms with van der Waals surface area (Å²) in [6.45, 7) is 2.34. The maximum absolute atomic E-state index is 16.5. The van der Waals surface area contributed by atoms with Crippen LogP contribution >= 0.6 is 0 Å². The van der Waals surface area contributed by atoms with E-state index in [1.165, 1.54) is 83.5 Å². The molecule has 0 unspecified atom stereocenters. The Morgan fingerprint density at radius 2 is 1.07 bits per heavy atom. The number of anilines is 1. The van der Waals surface area contributed by atoms with E-state index in [4.69, 9.17) is 35.1 Å². The molecule has 0 spiro atoms. The van der Waals surface area contributed by atoms with Gasteiger partial charge in [-0.1, -0.05) is 255 Å². The number of fused-ring (bicyclic) bond motifs is 1. The van der Waals surface area contributed by atoms with Crippen LogP contribution in [0.3, 0.4) is 0 Å².